The summed E-state index contributed by atoms with van der Waals surface area (Å²) in [5, 5.41) is 4.51. The number of halogens is 3. The summed E-state index contributed by atoms with van der Waals surface area (Å²) in [6, 6.07) is 13.2. The molecule has 21 heavy (non-hydrogen) atoms. The first-order chi connectivity index (χ1) is 10.1. The minimum absolute atomic E-state index is 0.337. The van der Waals surface area contributed by atoms with Crippen molar-refractivity contribution in [2.75, 3.05) is 5.73 Å². The first kappa shape index (κ1) is 14.6. The van der Waals surface area contributed by atoms with Crippen molar-refractivity contribution in [1.82, 2.24) is 5.16 Å². The molecule has 1 heterocycles. The molecule has 0 fully saturated rings. The van der Waals surface area contributed by atoms with Crippen molar-refractivity contribution < 1.29 is 4.52 Å². The summed E-state index contributed by atoms with van der Waals surface area (Å²) in [6.07, 6.45) is 0. The van der Waals surface area contributed by atoms with Crippen LogP contribution >= 0.6 is 43.5 Å². The average molecular weight is 429 g/mol. The number of aromatic nitrogens is 1. The largest absolute Gasteiger partial charge is 0.380 e. The lowest BCUT2D eigenvalue weighted by Crippen LogP contribution is -1.90. The molecular weight excluding hydrogens is 419 g/mol. The lowest BCUT2D eigenvalue weighted by atomic mass is 10.0. The second-order valence-electron chi connectivity index (χ2n) is 4.38. The van der Waals surface area contributed by atoms with Gasteiger partial charge in [-0.15, -0.1) is 0 Å². The van der Waals surface area contributed by atoms with Crippen LogP contribution in [0.2, 0.25) is 5.02 Å². The van der Waals surface area contributed by atoms with Gasteiger partial charge in [0.15, 0.2) is 11.6 Å². The molecule has 0 spiro atoms. The summed E-state index contributed by atoms with van der Waals surface area (Å²) in [5.74, 6) is 0.914. The smallest absolute Gasteiger partial charge is 0.178 e. The minimum Gasteiger partial charge on any atom is -0.380 e. The Kier molecular flexibility index (Phi) is 4.06. The first-order valence-electron chi connectivity index (χ1n) is 6.03. The average Bonchev–Trinajstić information content (AvgIpc) is 2.84. The van der Waals surface area contributed by atoms with Crippen molar-refractivity contribution in [1.29, 1.82) is 0 Å². The fourth-order valence-electron chi connectivity index (χ4n) is 2.08. The van der Waals surface area contributed by atoms with Crippen LogP contribution in [-0.2, 0) is 0 Å². The molecule has 2 N–H and O–H groups in total. The lowest BCUT2D eigenvalue weighted by molar-refractivity contribution is 0.436. The third kappa shape index (κ3) is 2.73. The summed E-state index contributed by atoms with van der Waals surface area (Å²) in [6.45, 7) is 0. The summed E-state index contributed by atoms with van der Waals surface area (Å²) in [7, 11) is 0. The molecule has 1 aromatic heterocycles. The molecule has 0 saturated heterocycles. The van der Waals surface area contributed by atoms with Gasteiger partial charge in [-0.25, -0.2) is 0 Å². The van der Waals surface area contributed by atoms with Gasteiger partial charge in [-0.05, 0) is 24.3 Å². The molecule has 106 valence electrons. The van der Waals surface area contributed by atoms with Gasteiger partial charge >= 0.3 is 0 Å². The van der Waals surface area contributed by atoms with Crippen LogP contribution < -0.4 is 5.73 Å². The fraction of sp³-hybridized carbons (Fsp3) is 0. The van der Waals surface area contributed by atoms with E-state index in [0.29, 0.717) is 16.6 Å². The van der Waals surface area contributed by atoms with Crippen LogP contribution in [0.25, 0.3) is 22.5 Å². The van der Waals surface area contributed by atoms with Crippen LogP contribution in [0.3, 0.4) is 0 Å². The maximum atomic E-state index is 6.08. The molecule has 6 heteroatoms. The Morgan fingerprint density at radius 2 is 1.71 bits per heavy atom. The number of hydrogen-bond acceptors (Lipinski definition) is 3. The normalized spacial score (nSPS) is 10.8. The SMILES string of the molecule is Nc1noc(-c2cc(Cl)ccc2Br)c1-c1ccccc1Br. The van der Waals surface area contributed by atoms with Gasteiger partial charge in [0, 0.05) is 25.1 Å². The van der Waals surface area contributed by atoms with E-state index in [-0.39, 0.29) is 0 Å². The summed E-state index contributed by atoms with van der Waals surface area (Å²) < 4.78 is 7.22. The zero-order valence-corrected chi connectivity index (χ0v) is 14.5. The Morgan fingerprint density at radius 1 is 1.00 bits per heavy atom. The van der Waals surface area contributed by atoms with Gasteiger partial charge in [0.25, 0.3) is 0 Å². The van der Waals surface area contributed by atoms with E-state index in [1.54, 1.807) is 6.07 Å². The Balaban J connectivity index is 2.27. The number of rotatable bonds is 2. The molecule has 0 aliphatic rings. The van der Waals surface area contributed by atoms with Crippen molar-refractivity contribution >= 4 is 49.3 Å². The quantitative estimate of drug-likeness (QED) is 0.564. The highest BCUT2D eigenvalue weighted by Gasteiger charge is 2.21. The maximum Gasteiger partial charge on any atom is 0.178 e. The van der Waals surface area contributed by atoms with Crippen LogP contribution in [0.5, 0.6) is 0 Å². The van der Waals surface area contributed by atoms with Gasteiger partial charge in [-0.3, -0.25) is 0 Å². The highest BCUT2D eigenvalue weighted by molar-refractivity contribution is 9.11. The number of hydrogen-bond donors (Lipinski definition) is 1. The number of nitrogen functional groups attached to an aromatic ring is 1. The monoisotopic (exact) mass is 426 g/mol. The minimum atomic E-state index is 0.337. The van der Waals surface area contributed by atoms with Gasteiger partial charge in [-0.1, -0.05) is 66.8 Å². The highest BCUT2D eigenvalue weighted by Crippen LogP contribution is 2.42. The van der Waals surface area contributed by atoms with E-state index in [0.717, 1.165) is 25.6 Å². The van der Waals surface area contributed by atoms with Gasteiger partial charge in [0.2, 0.25) is 0 Å². The van der Waals surface area contributed by atoms with Crippen LogP contribution in [-0.4, -0.2) is 5.16 Å². The van der Waals surface area contributed by atoms with Gasteiger partial charge in [0.1, 0.15) is 0 Å². The molecule has 0 radical (unpaired) electrons. The van der Waals surface area contributed by atoms with Crippen LogP contribution in [0, 0.1) is 0 Å². The van der Waals surface area contributed by atoms with Crippen molar-refractivity contribution in [2.45, 2.75) is 0 Å². The van der Waals surface area contributed by atoms with Crippen molar-refractivity contribution in [3.05, 3.63) is 56.4 Å². The van der Waals surface area contributed by atoms with Crippen molar-refractivity contribution in [2.24, 2.45) is 0 Å². The molecule has 2 aromatic carbocycles. The zero-order chi connectivity index (χ0) is 15.0. The molecule has 0 unspecified atom stereocenters. The van der Waals surface area contributed by atoms with Crippen LogP contribution in [0.15, 0.2) is 55.9 Å². The molecule has 0 aliphatic carbocycles. The van der Waals surface area contributed by atoms with Gasteiger partial charge in [0.05, 0.1) is 5.56 Å². The highest BCUT2D eigenvalue weighted by atomic mass is 79.9. The molecule has 0 aliphatic heterocycles. The Bertz CT molecular complexity index is 817. The molecule has 3 nitrogen and oxygen atoms in total. The van der Waals surface area contributed by atoms with Crippen molar-refractivity contribution in [3.8, 4) is 22.5 Å². The molecule has 0 saturated carbocycles. The number of nitrogens with zero attached hydrogens (tertiary/aromatic N) is 1. The molecular formula is C15H9Br2ClN2O. The number of benzene rings is 2. The maximum absolute atomic E-state index is 6.08. The van der Waals surface area contributed by atoms with E-state index >= 15 is 0 Å². The molecule has 0 amide bonds. The summed E-state index contributed by atoms with van der Waals surface area (Å²) >= 11 is 13.1. The van der Waals surface area contributed by atoms with E-state index in [1.165, 1.54) is 0 Å². The zero-order valence-electron chi connectivity index (χ0n) is 10.6. The molecule has 3 rings (SSSR count). The van der Waals surface area contributed by atoms with E-state index < -0.39 is 0 Å². The second kappa shape index (κ2) is 5.83. The van der Waals surface area contributed by atoms with Crippen LogP contribution in [0.1, 0.15) is 0 Å². The van der Waals surface area contributed by atoms with E-state index in [1.807, 2.05) is 36.4 Å². The summed E-state index contributed by atoms with van der Waals surface area (Å²) in [5.41, 5.74) is 8.45. The predicted molar refractivity (Wildman–Crippen MR) is 92.2 cm³/mol. The third-order valence-electron chi connectivity index (χ3n) is 3.03. The van der Waals surface area contributed by atoms with E-state index in [4.69, 9.17) is 21.9 Å². The predicted octanol–water partition coefficient (Wildman–Crippen LogP) is 5.77. The van der Waals surface area contributed by atoms with E-state index in [9.17, 15) is 0 Å². The lowest BCUT2D eigenvalue weighted by Gasteiger charge is -2.07. The standard InChI is InChI=1S/C15H9Br2ClN2O/c16-11-4-2-1-3-9(11)13-14(21-20-15(13)19)10-7-8(18)5-6-12(10)17/h1-7H,(H2,19,20). The van der Waals surface area contributed by atoms with Crippen LogP contribution in [0.4, 0.5) is 5.82 Å². The number of nitrogens with two attached hydrogens (primary N) is 1. The van der Waals surface area contributed by atoms with Gasteiger partial charge < -0.3 is 10.3 Å². The topological polar surface area (TPSA) is 52.0 Å². The third-order valence-corrected chi connectivity index (χ3v) is 4.65. The molecule has 0 atom stereocenters. The van der Waals surface area contributed by atoms with Crippen molar-refractivity contribution in [3.63, 3.8) is 0 Å². The Morgan fingerprint density at radius 3 is 2.48 bits per heavy atom. The Labute approximate surface area is 143 Å². The first-order valence-corrected chi connectivity index (χ1v) is 8.00. The molecule has 3 aromatic rings. The van der Waals surface area contributed by atoms with E-state index in [2.05, 4.69) is 37.0 Å². The number of anilines is 1. The fourth-order valence-corrected chi connectivity index (χ4v) is 3.16. The second-order valence-corrected chi connectivity index (χ2v) is 6.52. The molecule has 0 bridgehead atoms. The summed E-state index contributed by atoms with van der Waals surface area (Å²) in [4.78, 5) is 0. The Hall–Kier alpha value is -1.30. The van der Waals surface area contributed by atoms with Gasteiger partial charge in [-0.2, -0.15) is 0 Å².